The van der Waals surface area contributed by atoms with Crippen molar-refractivity contribution in [2.75, 3.05) is 5.73 Å². The zero-order chi connectivity index (χ0) is 8.55. The average molecular weight is 195 g/mol. The van der Waals surface area contributed by atoms with Crippen LogP contribution < -0.4 is 5.73 Å². The predicted molar refractivity (Wildman–Crippen MR) is 51.6 cm³/mol. The lowest BCUT2D eigenvalue weighted by atomic mass is 10.3. The Kier molecular flexibility index (Phi) is 2.40. The summed E-state index contributed by atoms with van der Waals surface area (Å²) < 4.78 is 1.73. The first-order valence-corrected chi connectivity index (χ1v) is 3.43. The number of nitriles is 1. The number of nitrogens with zero attached hydrogens (tertiary/aromatic N) is 3. The highest BCUT2D eigenvalue weighted by Gasteiger charge is 2.01. The summed E-state index contributed by atoms with van der Waals surface area (Å²) in [6.07, 6.45) is 3.30. The summed E-state index contributed by atoms with van der Waals surface area (Å²) in [5.41, 5.74) is 7.41. The molecule has 13 heavy (non-hydrogen) atoms. The first-order valence-electron chi connectivity index (χ1n) is 3.43. The summed E-state index contributed by atoms with van der Waals surface area (Å²) in [5.74, 6) is 0. The van der Waals surface area contributed by atoms with Crippen LogP contribution in [0.5, 0.6) is 0 Å². The quantitative estimate of drug-likeness (QED) is 0.686. The molecular formula is C8H7ClN4. The third-order valence-electron chi connectivity index (χ3n) is 1.66. The molecule has 0 amide bonds. The van der Waals surface area contributed by atoms with E-state index in [9.17, 15) is 0 Å². The first kappa shape index (κ1) is 9.36. The number of hydrogen-bond acceptors (Lipinski definition) is 3. The van der Waals surface area contributed by atoms with Crippen molar-refractivity contribution in [1.82, 2.24) is 9.38 Å². The molecule has 2 aromatic rings. The molecule has 0 aliphatic heterocycles. The van der Waals surface area contributed by atoms with Gasteiger partial charge in [-0.25, -0.2) is 4.98 Å². The molecule has 0 fully saturated rings. The Morgan fingerprint density at radius 3 is 2.92 bits per heavy atom. The number of aromatic nitrogens is 2. The van der Waals surface area contributed by atoms with Gasteiger partial charge in [-0.2, -0.15) is 5.26 Å². The maximum Gasteiger partial charge on any atom is 0.166 e. The van der Waals surface area contributed by atoms with Gasteiger partial charge in [-0.3, -0.25) is 0 Å². The number of rotatable bonds is 0. The van der Waals surface area contributed by atoms with Crippen LogP contribution in [0.3, 0.4) is 0 Å². The van der Waals surface area contributed by atoms with Crippen LogP contribution in [0.15, 0.2) is 24.7 Å². The van der Waals surface area contributed by atoms with E-state index < -0.39 is 0 Å². The van der Waals surface area contributed by atoms with Crippen molar-refractivity contribution in [3.8, 4) is 6.07 Å². The van der Waals surface area contributed by atoms with Gasteiger partial charge in [0.15, 0.2) is 5.69 Å². The molecule has 0 radical (unpaired) electrons. The van der Waals surface area contributed by atoms with Crippen LogP contribution in [0, 0.1) is 11.3 Å². The van der Waals surface area contributed by atoms with Gasteiger partial charge in [-0.15, -0.1) is 12.4 Å². The Labute approximate surface area is 81.0 Å². The van der Waals surface area contributed by atoms with Crippen molar-refractivity contribution in [2.24, 2.45) is 0 Å². The largest absolute Gasteiger partial charge is 0.398 e. The van der Waals surface area contributed by atoms with Gasteiger partial charge in [0, 0.05) is 11.9 Å². The fourth-order valence-electron chi connectivity index (χ4n) is 1.10. The minimum Gasteiger partial charge on any atom is -0.398 e. The predicted octanol–water partition coefficient (Wildman–Crippen LogP) is 1.21. The smallest absolute Gasteiger partial charge is 0.166 e. The third kappa shape index (κ3) is 1.42. The van der Waals surface area contributed by atoms with Crippen molar-refractivity contribution < 1.29 is 0 Å². The summed E-state index contributed by atoms with van der Waals surface area (Å²) in [5, 5.41) is 8.64. The lowest BCUT2D eigenvalue weighted by Crippen LogP contribution is -1.88. The highest BCUT2D eigenvalue weighted by molar-refractivity contribution is 5.85. The molecule has 0 aromatic carbocycles. The summed E-state index contributed by atoms with van der Waals surface area (Å²) in [6, 6.07) is 5.52. The standard InChI is InChI=1S/C8H6N4.ClH/c9-3-7-8-2-1-6(10)4-12(8)5-11-7;/h1-2,4-5H,10H2;1H. The van der Waals surface area contributed by atoms with E-state index in [4.69, 9.17) is 11.0 Å². The maximum absolute atomic E-state index is 8.64. The summed E-state index contributed by atoms with van der Waals surface area (Å²) >= 11 is 0. The number of imidazole rings is 1. The van der Waals surface area contributed by atoms with E-state index in [1.807, 2.05) is 6.07 Å². The van der Waals surface area contributed by atoms with Gasteiger partial charge >= 0.3 is 0 Å². The fraction of sp³-hybridized carbons (Fsp3) is 0. The fourth-order valence-corrected chi connectivity index (χ4v) is 1.10. The van der Waals surface area contributed by atoms with Crippen molar-refractivity contribution in [3.05, 3.63) is 30.4 Å². The van der Waals surface area contributed by atoms with E-state index in [1.54, 1.807) is 29.1 Å². The van der Waals surface area contributed by atoms with E-state index in [0.717, 1.165) is 5.52 Å². The molecular weight excluding hydrogens is 188 g/mol. The minimum atomic E-state index is 0. The molecule has 0 unspecified atom stereocenters. The van der Waals surface area contributed by atoms with Crippen LogP contribution >= 0.6 is 12.4 Å². The Morgan fingerprint density at radius 1 is 1.46 bits per heavy atom. The number of halogens is 1. The Hall–Kier alpha value is -1.73. The lowest BCUT2D eigenvalue weighted by molar-refractivity contribution is 1.16. The molecule has 0 aliphatic carbocycles. The van der Waals surface area contributed by atoms with E-state index >= 15 is 0 Å². The number of nitrogens with two attached hydrogens (primary N) is 1. The van der Waals surface area contributed by atoms with Gasteiger partial charge in [0.2, 0.25) is 0 Å². The second-order valence-electron chi connectivity index (χ2n) is 2.46. The molecule has 5 heteroatoms. The van der Waals surface area contributed by atoms with Crippen LogP contribution in [0.1, 0.15) is 5.69 Å². The monoisotopic (exact) mass is 194 g/mol. The third-order valence-corrected chi connectivity index (χ3v) is 1.66. The maximum atomic E-state index is 8.64. The van der Waals surface area contributed by atoms with Crippen molar-refractivity contribution in [1.29, 1.82) is 5.26 Å². The van der Waals surface area contributed by atoms with Gasteiger partial charge in [0.05, 0.1) is 5.52 Å². The molecule has 0 saturated carbocycles. The molecule has 0 spiro atoms. The van der Waals surface area contributed by atoms with Gasteiger partial charge in [0.1, 0.15) is 12.4 Å². The van der Waals surface area contributed by atoms with Crippen LogP contribution in [0.25, 0.3) is 5.52 Å². The molecule has 66 valence electrons. The molecule has 2 N–H and O–H groups in total. The zero-order valence-corrected chi connectivity index (χ0v) is 7.45. The van der Waals surface area contributed by atoms with E-state index in [1.165, 1.54) is 0 Å². The molecule has 2 aromatic heterocycles. The summed E-state index contributed by atoms with van der Waals surface area (Å²) in [6.45, 7) is 0. The molecule has 0 atom stereocenters. The van der Waals surface area contributed by atoms with E-state index in [-0.39, 0.29) is 12.4 Å². The number of pyridine rings is 1. The normalized spacial score (nSPS) is 9.15. The number of anilines is 1. The highest BCUT2D eigenvalue weighted by atomic mass is 35.5. The Morgan fingerprint density at radius 2 is 2.23 bits per heavy atom. The van der Waals surface area contributed by atoms with Gasteiger partial charge in [-0.05, 0) is 12.1 Å². The summed E-state index contributed by atoms with van der Waals surface area (Å²) in [7, 11) is 0. The van der Waals surface area contributed by atoms with Crippen LogP contribution in [0.2, 0.25) is 0 Å². The Bertz CT molecular complexity index is 468. The minimum absolute atomic E-state index is 0. The van der Waals surface area contributed by atoms with E-state index in [2.05, 4.69) is 4.98 Å². The number of nitrogen functional groups attached to an aromatic ring is 1. The van der Waals surface area contributed by atoms with Crippen molar-refractivity contribution >= 4 is 23.6 Å². The SMILES string of the molecule is Cl.N#Cc1ncn2cc(N)ccc12. The van der Waals surface area contributed by atoms with Gasteiger partial charge < -0.3 is 10.1 Å². The second kappa shape index (κ2) is 3.33. The van der Waals surface area contributed by atoms with Crippen LogP contribution in [-0.4, -0.2) is 9.38 Å². The molecule has 0 saturated heterocycles. The van der Waals surface area contributed by atoms with Crippen molar-refractivity contribution in [3.63, 3.8) is 0 Å². The molecule has 0 bridgehead atoms. The number of hydrogen-bond donors (Lipinski definition) is 1. The second-order valence-corrected chi connectivity index (χ2v) is 2.46. The lowest BCUT2D eigenvalue weighted by Gasteiger charge is -1.94. The van der Waals surface area contributed by atoms with E-state index in [0.29, 0.717) is 11.4 Å². The zero-order valence-electron chi connectivity index (χ0n) is 6.64. The topological polar surface area (TPSA) is 67.1 Å². The molecule has 2 rings (SSSR count). The van der Waals surface area contributed by atoms with Crippen molar-refractivity contribution in [2.45, 2.75) is 0 Å². The average Bonchev–Trinajstić information content (AvgIpc) is 2.46. The van der Waals surface area contributed by atoms with Crippen LogP contribution in [0.4, 0.5) is 5.69 Å². The number of fused-ring (bicyclic) bond motifs is 1. The molecule has 0 aliphatic rings. The molecule has 4 nitrogen and oxygen atoms in total. The Balaban J connectivity index is 0.000000845. The van der Waals surface area contributed by atoms with Gasteiger partial charge in [0.25, 0.3) is 0 Å². The highest BCUT2D eigenvalue weighted by Crippen LogP contribution is 2.10. The van der Waals surface area contributed by atoms with Crippen LogP contribution in [-0.2, 0) is 0 Å². The summed E-state index contributed by atoms with van der Waals surface area (Å²) in [4.78, 5) is 3.90. The van der Waals surface area contributed by atoms with Gasteiger partial charge in [-0.1, -0.05) is 0 Å². The first-order chi connectivity index (χ1) is 5.81. The molecule has 2 heterocycles.